The molecule has 0 amide bonds. The second-order valence-corrected chi connectivity index (χ2v) is 8.40. The molecule has 0 aromatic rings. The molecule has 1 atom stereocenters. The molecule has 0 aliphatic carbocycles. The Bertz CT molecular complexity index is 265. The molecule has 0 saturated heterocycles. The van der Waals surface area contributed by atoms with Crippen LogP contribution in [0.4, 0.5) is 4.39 Å². The van der Waals surface area contributed by atoms with E-state index >= 15 is 0 Å². The van der Waals surface area contributed by atoms with Crippen molar-refractivity contribution in [2.24, 2.45) is 0 Å². The van der Waals surface area contributed by atoms with Crippen molar-refractivity contribution in [3.8, 4) is 0 Å². The van der Waals surface area contributed by atoms with E-state index in [2.05, 4.69) is 6.92 Å². The Kier molecular flexibility index (Phi) is 17.4. The standard InChI is InChI=1S/C19H41FO4Si/c1-5-9-10-11-12-13-14-15-16-17-18-19(20)24-25(21-6-2,22-7-3)23-8-4/h19H,5-18H2,1-4H3. The lowest BCUT2D eigenvalue weighted by molar-refractivity contribution is -0.0883. The molecule has 0 radical (unpaired) electrons. The summed E-state index contributed by atoms with van der Waals surface area (Å²) in [7, 11) is -3.33. The molecule has 0 aromatic heterocycles. The van der Waals surface area contributed by atoms with Crippen LogP contribution in [0.2, 0.25) is 0 Å². The molecule has 0 bridgehead atoms. The fraction of sp³-hybridized carbons (Fsp3) is 1.00. The first kappa shape index (κ1) is 25.0. The minimum Gasteiger partial charge on any atom is -0.351 e. The minimum absolute atomic E-state index is 0.373. The number of rotatable bonds is 19. The molecule has 0 aliphatic rings. The van der Waals surface area contributed by atoms with E-state index in [1.165, 1.54) is 51.4 Å². The van der Waals surface area contributed by atoms with Gasteiger partial charge in [0.2, 0.25) is 0 Å². The molecule has 1 unspecified atom stereocenters. The highest BCUT2D eigenvalue weighted by Crippen LogP contribution is 2.19. The summed E-state index contributed by atoms with van der Waals surface area (Å²) in [6.07, 6.45) is 11.3. The van der Waals surface area contributed by atoms with Crippen LogP contribution >= 0.6 is 0 Å². The summed E-state index contributed by atoms with van der Waals surface area (Å²) in [5, 5.41) is 0. The maximum Gasteiger partial charge on any atom is 0.681 e. The number of hydrogen-bond donors (Lipinski definition) is 0. The molecular weight excluding hydrogens is 339 g/mol. The summed E-state index contributed by atoms with van der Waals surface area (Å²) in [4.78, 5) is 0. The topological polar surface area (TPSA) is 36.9 Å². The Morgan fingerprint density at radius 1 is 0.640 bits per heavy atom. The van der Waals surface area contributed by atoms with Gasteiger partial charge < -0.3 is 17.7 Å². The number of halogens is 1. The van der Waals surface area contributed by atoms with Crippen molar-refractivity contribution in [3.63, 3.8) is 0 Å². The lowest BCUT2D eigenvalue weighted by atomic mass is 10.1. The Morgan fingerprint density at radius 3 is 1.44 bits per heavy atom. The highest BCUT2D eigenvalue weighted by Gasteiger charge is 2.47. The van der Waals surface area contributed by atoms with Crippen LogP contribution in [0.1, 0.15) is 98.3 Å². The molecular formula is C19H41FO4Si. The molecule has 4 nitrogen and oxygen atoms in total. The Balaban J connectivity index is 3.83. The predicted octanol–water partition coefficient (Wildman–Crippen LogP) is 6.15. The average Bonchev–Trinajstić information content (AvgIpc) is 2.57. The van der Waals surface area contributed by atoms with Crippen molar-refractivity contribution < 1.29 is 22.1 Å². The monoisotopic (exact) mass is 380 g/mol. The van der Waals surface area contributed by atoms with E-state index in [9.17, 15) is 4.39 Å². The average molecular weight is 381 g/mol. The molecule has 152 valence electrons. The molecule has 0 aliphatic heterocycles. The summed E-state index contributed by atoms with van der Waals surface area (Å²) in [5.74, 6) is 0. The molecule has 0 aromatic carbocycles. The van der Waals surface area contributed by atoms with E-state index in [4.69, 9.17) is 17.7 Å². The number of alkyl halides is 1. The van der Waals surface area contributed by atoms with E-state index in [-0.39, 0.29) is 0 Å². The first-order valence-corrected chi connectivity index (χ1v) is 12.0. The van der Waals surface area contributed by atoms with Crippen molar-refractivity contribution in [2.75, 3.05) is 19.8 Å². The first-order valence-electron chi connectivity index (χ1n) is 10.4. The Hall–Kier alpha value is -0.0131. The molecule has 0 heterocycles. The SMILES string of the molecule is CCCCCCCCCCCCC(F)O[Si](OCC)(OCC)OCC. The fourth-order valence-corrected chi connectivity index (χ4v) is 4.71. The smallest absolute Gasteiger partial charge is 0.351 e. The van der Waals surface area contributed by atoms with Gasteiger partial charge in [-0.2, -0.15) is 0 Å². The Labute approximate surface area is 156 Å². The van der Waals surface area contributed by atoms with E-state index in [1.54, 1.807) is 0 Å². The lowest BCUT2D eigenvalue weighted by Gasteiger charge is -2.28. The Morgan fingerprint density at radius 2 is 1.04 bits per heavy atom. The zero-order valence-corrected chi connectivity index (χ0v) is 18.0. The largest absolute Gasteiger partial charge is 0.681 e. The quantitative estimate of drug-likeness (QED) is 0.199. The summed E-state index contributed by atoms with van der Waals surface area (Å²) >= 11 is 0. The van der Waals surface area contributed by atoms with Gasteiger partial charge in [0.25, 0.3) is 0 Å². The van der Waals surface area contributed by atoms with Crippen LogP contribution in [-0.2, 0) is 17.7 Å². The van der Waals surface area contributed by atoms with Gasteiger partial charge in [0, 0.05) is 26.2 Å². The zero-order valence-electron chi connectivity index (χ0n) is 17.0. The van der Waals surface area contributed by atoms with Gasteiger partial charge >= 0.3 is 9.05 Å². The number of unbranched alkanes of at least 4 members (excludes halogenated alkanes) is 9. The van der Waals surface area contributed by atoms with Gasteiger partial charge in [-0.05, 0) is 27.2 Å². The van der Waals surface area contributed by atoms with E-state index in [0.717, 1.165) is 12.8 Å². The third-order valence-corrected chi connectivity index (χ3v) is 6.49. The first-order chi connectivity index (χ1) is 12.1. The summed E-state index contributed by atoms with van der Waals surface area (Å²) < 4.78 is 36.2. The summed E-state index contributed by atoms with van der Waals surface area (Å²) in [5.41, 5.74) is 0. The molecule has 0 spiro atoms. The maximum absolute atomic E-state index is 14.2. The van der Waals surface area contributed by atoms with Gasteiger partial charge in [-0.15, -0.1) is 0 Å². The molecule has 0 fully saturated rings. The molecule has 0 rings (SSSR count). The second kappa shape index (κ2) is 17.4. The van der Waals surface area contributed by atoms with Gasteiger partial charge in [0.1, 0.15) is 0 Å². The van der Waals surface area contributed by atoms with Crippen LogP contribution in [0, 0.1) is 0 Å². The maximum atomic E-state index is 14.2. The van der Waals surface area contributed by atoms with Crippen LogP contribution in [0.5, 0.6) is 0 Å². The number of hydrogen-bond acceptors (Lipinski definition) is 4. The van der Waals surface area contributed by atoms with Gasteiger partial charge in [-0.3, -0.25) is 0 Å². The third-order valence-electron chi connectivity index (χ3n) is 4.02. The van der Waals surface area contributed by atoms with Gasteiger partial charge in [0.15, 0.2) is 6.36 Å². The highest BCUT2D eigenvalue weighted by molar-refractivity contribution is 6.53. The van der Waals surface area contributed by atoms with E-state index in [0.29, 0.717) is 26.2 Å². The van der Waals surface area contributed by atoms with Gasteiger partial charge in [-0.1, -0.05) is 64.7 Å². The van der Waals surface area contributed by atoms with Crippen molar-refractivity contribution in [2.45, 2.75) is 105 Å². The van der Waals surface area contributed by atoms with Crippen molar-refractivity contribution in [1.82, 2.24) is 0 Å². The molecule has 0 N–H and O–H groups in total. The second-order valence-electron chi connectivity index (χ2n) is 6.30. The fourth-order valence-electron chi connectivity index (χ4n) is 2.77. The van der Waals surface area contributed by atoms with E-state index in [1.807, 2.05) is 20.8 Å². The van der Waals surface area contributed by atoms with Crippen LogP contribution in [-0.4, -0.2) is 35.2 Å². The van der Waals surface area contributed by atoms with Gasteiger partial charge in [0.05, 0.1) is 0 Å². The third kappa shape index (κ3) is 13.8. The predicted molar refractivity (Wildman–Crippen MR) is 103 cm³/mol. The summed E-state index contributed by atoms with van der Waals surface area (Å²) in [6.45, 7) is 8.90. The minimum atomic E-state index is -3.33. The lowest BCUT2D eigenvalue weighted by Crippen LogP contribution is -2.51. The van der Waals surface area contributed by atoms with Crippen LogP contribution in [0.15, 0.2) is 0 Å². The van der Waals surface area contributed by atoms with Crippen LogP contribution in [0.3, 0.4) is 0 Å². The molecule has 25 heavy (non-hydrogen) atoms. The normalized spacial score (nSPS) is 13.3. The van der Waals surface area contributed by atoms with E-state index < -0.39 is 15.4 Å². The highest BCUT2D eigenvalue weighted by atomic mass is 28.4. The van der Waals surface area contributed by atoms with Crippen molar-refractivity contribution in [3.05, 3.63) is 0 Å². The van der Waals surface area contributed by atoms with Gasteiger partial charge in [-0.25, -0.2) is 4.39 Å². The molecule has 0 saturated carbocycles. The molecule has 6 heteroatoms. The zero-order chi connectivity index (χ0) is 18.8. The van der Waals surface area contributed by atoms with Crippen LogP contribution < -0.4 is 0 Å². The van der Waals surface area contributed by atoms with Crippen molar-refractivity contribution >= 4 is 9.05 Å². The summed E-state index contributed by atoms with van der Waals surface area (Å²) in [6, 6.07) is 0. The van der Waals surface area contributed by atoms with Crippen LogP contribution in [0.25, 0.3) is 0 Å². The van der Waals surface area contributed by atoms with Crippen molar-refractivity contribution in [1.29, 1.82) is 0 Å².